The van der Waals surface area contributed by atoms with Gasteiger partial charge < -0.3 is 4.90 Å². The zero-order valence-electron chi connectivity index (χ0n) is 13.4. The summed E-state index contributed by atoms with van der Waals surface area (Å²) in [5, 5.41) is 0.838. The normalized spacial score (nSPS) is 18.0. The third kappa shape index (κ3) is 2.08. The fourth-order valence-corrected chi connectivity index (χ4v) is 4.50. The van der Waals surface area contributed by atoms with Crippen molar-refractivity contribution in [2.75, 3.05) is 11.4 Å². The number of rotatable bonds is 1. The molecule has 118 valence electrons. The second-order valence-electron chi connectivity index (χ2n) is 6.68. The van der Waals surface area contributed by atoms with Crippen molar-refractivity contribution in [3.8, 4) is 11.1 Å². The molecule has 24 heavy (non-hydrogen) atoms. The Morgan fingerprint density at radius 3 is 2.54 bits per heavy atom. The van der Waals surface area contributed by atoms with Crippen molar-refractivity contribution < 1.29 is 0 Å². The van der Waals surface area contributed by atoms with Gasteiger partial charge in [0, 0.05) is 17.3 Å². The fourth-order valence-electron chi connectivity index (χ4n) is 4.31. The third-order valence-corrected chi connectivity index (χ3v) is 5.62. The summed E-state index contributed by atoms with van der Waals surface area (Å²) in [6, 6.07) is 24.4. The maximum absolute atomic E-state index is 6.19. The summed E-state index contributed by atoms with van der Waals surface area (Å²) in [7, 11) is 0. The van der Waals surface area contributed by atoms with Crippen molar-refractivity contribution in [2.24, 2.45) is 0 Å². The summed E-state index contributed by atoms with van der Waals surface area (Å²) in [6.45, 7) is 1.07. The van der Waals surface area contributed by atoms with Crippen molar-refractivity contribution in [2.45, 2.75) is 18.9 Å². The Morgan fingerprint density at radius 1 is 0.833 bits per heavy atom. The van der Waals surface area contributed by atoms with Gasteiger partial charge in [-0.1, -0.05) is 60.1 Å². The average Bonchev–Trinajstić information content (AvgIpc) is 3.04. The van der Waals surface area contributed by atoms with Crippen LogP contribution in [0.15, 0.2) is 66.7 Å². The first-order chi connectivity index (χ1) is 11.8. The highest BCUT2D eigenvalue weighted by atomic mass is 35.5. The molecule has 0 saturated heterocycles. The third-order valence-electron chi connectivity index (χ3n) is 5.39. The molecule has 1 atom stereocenters. The van der Waals surface area contributed by atoms with Crippen LogP contribution in [0, 0.1) is 0 Å². The van der Waals surface area contributed by atoms with E-state index in [0.29, 0.717) is 6.04 Å². The van der Waals surface area contributed by atoms with Crippen LogP contribution in [0.25, 0.3) is 11.1 Å². The largest absolute Gasteiger partial charge is 0.364 e. The lowest BCUT2D eigenvalue weighted by Gasteiger charge is -2.36. The molecule has 1 heterocycles. The van der Waals surface area contributed by atoms with Crippen molar-refractivity contribution in [1.82, 2.24) is 0 Å². The minimum Gasteiger partial charge on any atom is -0.364 e. The number of anilines is 1. The van der Waals surface area contributed by atoms with Gasteiger partial charge in [-0.3, -0.25) is 0 Å². The van der Waals surface area contributed by atoms with Gasteiger partial charge in [-0.15, -0.1) is 0 Å². The lowest BCUT2D eigenvalue weighted by atomic mass is 9.82. The molecule has 0 saturated carbocycles. The Kier molecular flexibility index (Phi) is 3.17. The molecule has 3 aromatic rings. The zero-order chi connectivity index (χ0) is 16.1. The van der Waals surface area contributed by atoms with Gasteiger partial charge in [0.25, 0.3) is 0 Å². The maximum Gasteiger partial charge on any atom is 0.0589 e. The Bertz CT molecular complexity index is 931. The van der Waals surface area contributed by atoms with Crippen LogP contribution < -0.4 is 4.90 Å². The van der Waals surface area contributed by atoms with E-state index in [1.165, 1.54) is 33.5 Å². The molecule has 0 amide bonds. The molecule has 1 aliphatic carbocycles. The Morgan fingerprint density at radius 2 is 1.62 bits per heavy atom. The highest BCUT2D eigenvalue weighted by Crippen LogP contribution is 2.45. The quantitative estimate of drug-likeness (QED) is 0.555. The average molecular weight is 332 g/mol. The number of hydrogen-bond acceptors (Lipinski definition) is 1. The van der Waals surface area contributed by atoms with E-state index >= 15 is 0 Å². The maximum atomic E-state index is 6.19. The van der Waals surface area contributed by atoms with Crippen molar-refractivity contribution in [1.29, 1.82) is 0 Å². The van der Waals surface area contributed by atoms with Crippen molar-refractivity contribution >= 4 is 17.3 Å². The molecule has 0 bridgehead atoms. The highest BCUT2D eigenvalue weighted by Gasteiger charge is 2.32. The summed E-state index contributed by atoms with van der Waals surface area (Å²) < 4.78 is 0. The van der Waals surface area contributed by atoms with E-state index in [2.05, 4.69) is 65.6 Å². The van der Waals surface area contributed by atoms with E-state index in [9.17, 15) is 0 Å². The second kappa shape index (κ2) is 5.39. The number of hydrogen-bond donors (Lipinski definition) is 0. The first-order valence-electron chi connectivity index (χ1n) is 8.53. The van der Waals surface area contributed by atoms with Crippen LogP contribution in [-0.2, 0) is 12.8 Å². The molecular formula is C22H18ClN. The van der Waals surface area contributed by atoms with Gasteiger partial charge in [-0.2, -0.15) is 0 Å². The minimum absolute atomic E-state index is 0.401. The standard InChI is InChI=1S/C22H18ClN/c23-17-9-10-21-16(13-17)11-12-24(21)22-14-15-5-1-2-6-18(15)19-7-3-4-8-20(19)22/h1-10,13,22H,11-12,14H2. The molecule has 0 N–H and O–H groups in total. The van der Waals surface area contributed by atoms with Gasteiger partial charge in [0.05, 0.1) is 6.04 Å². The van der Waals surface area contributed by atoms with Crippen LogP contribution >= 0.6 is 11.6 Å². The zero-order valence-corrected chi connectivity index (χ0v) is 14.1. The molecule has 0 fully saturated rings. The highest BCUT2D eigenvalue weighted by molar-refractivity contribution is 6.30. The van der Waals surface area contributed by atoms with Gasteiger partial charge >= 0.3 is 0 Å². The van der Waals surface area contributed by atoms with Crippen molar-refractivity contribution in [3.05, 3.63) is 88.4 Å². The monoisotopic (exact) mass is 331 g/mol. The van der Waals surface area contributed by atoms with Gasteiger partial charge in [0.2, 0.25) is 0 Å². The SMILES string of the molecule is Clc1ccc2c(c1)CCN2C1Cc2ccccc2-c2ccccc21. The molecule has 0 radical (unpaired) electrons. The summed E-state index contributed by atoms with van der Waals surface area (Å²) in [5.41, 5.74) is 8.38. The molecule has 3 aromatic carbocycles. The summed E-state index contributed by atoms with van der Waals surface area (Å²) in [4.78, 5) is 2.57. The fraction of sp³-hybridized carbons (Fsp3) is 0.182. The van der Waals surface area contributed by atoms with Gasteiger partial charge in [0.1, 0.15) is 0 Å². The molecule has 1 aliphatic heterocycles. The van der Waals surface area contributed by atoms with Crippen LogP contribution in [0.2, 0.25) is 5.02 Å². The number of halogens is 1. The number of fused-ring (bicyclic) bond motifs is 4. The van der Waals surface area contributed by atoms with Gasteiger partial charge in [-0.25, -0.2) is 0 Å². The summed E-state index contributed by atoms with van der Waals surface area (Å²) in [6.07, 6.45) is 2.14. The Hall–Kier alpha value is -2.25. The van der Waals surface area contributed by atoms with Gasteiger partial charge in [0.15, 0.2) is 0 Å². The predicted molar refractivity (Wildman–Crippen MR) is 101 cm³/mol. The van der Waals surface area contributed by atoms with Crippen LogP contribution in [0.5, 0.6) is 0 Å². The Balaban J connectivity index is 1.64. The molecule has 0 aromatic heterocycles. The van der Waals surface area contributed by atoms with Gasteiger partial charge in [-0.05, 0) is 58.9 Å². The van der Waals surface area contributed by atoms with Crippen molar-refractivity contribution in [3.63, 3.8) is 0 Å². The lowest BCUT2D eigenvalue weighted by Crippen LogP contribution is -2.30. The second-order valence-corrected chi connectivity index (χ2v) is 7.12. The first-order valence-corrected chi connectivity index (χ1v) is 8.91. The Labute approximate surface area is 147 Å². The molecule has 2 aliphatic rings. The molecule has 0 spiro atoms. The molecule has 1 nitrogen and oxygen atoms in total. The predicted octanol–water partition coefficient (Wildman–Crippen LogP) is 5.67. The van der Waals surface area contributed by atoms with E-state index < -0.39 is 0 Å². The molecule has 1 unspecified atom stereocenters. The number of nitrogens with zero attached hydrogens (tertiary/aromatic N) is 1. The van der Waals surface area contributed by atoms with E-state index in [0.717, 1.165) is 24.4 Å². The first kappa shape index (κ1) is 14.1. The lowest BCUT2D eigenvalue weighted by molar-refractivity contribution is 0.631. The minimum atomic E-state index is 0.401. The van der Waals surface area contributed by atoms with E-state index in [-0.39, 0.29) is 0 Å². The number of benzene rings is 3. The topological polar surface area (TPSA) is 3.24 Å². The van der Waals surface area contributed by atoms with Crippen LogP contribution in [0.1, 0.15) is 22.7 Å². The summed E-state index contributed by atoms with van der Waals surface area (Å²) in [5.74, 6) is 0. The molecule has 2 heteroatoms. The van der Waals surface area contributed by atoms with E-state index in [4.69, 9.17) is 11.6 Å². The smallest absolute Gasteiger partial charge is 0.0589 e. The van der Waals surface area contributed by atoms with Crippen LogP contribution in [0.3, 0.4) is 0 Å². The van der Waals surface area contributed by atoms with Crippen LogP contribution in [-0.4, -0.2) is 6.54 Å². The van der Waals surface area contributed by atoms with E-state index in [1.54, 1.807) is 0 Å². The summed E-state index contributed by atoms with van der Waals surface area (Å²) >= 11 is 6.19. The molecular weight excluding hydrogens is 314 g/mol. The molecule has 5 rings (SSSR count). The van der Waals surface area contributed by atoms with E-state index in [1.807, 2.05) is 6.07 Å². The van der Waals surface area contributed by atoms with Crippen LogP contribution in [0.4, 0.5) is 5.69 Å².